The second-order valence-electron chi connectivity index (χ2n) is 9.48. The van der Waals surface area contributed by atoms with Gasteiger partial charge in [-0.15, -0.1) is 11.3 Å². The topological polar surface area (TPSA) is 53.4 Å². The fourth-order valence-corrected chi connectivity index (χ4v) is 8.14. The Morgan fingerprint density at radius 3 is 2.77 bits per heavy atom. The lowest BCUT2D eigenvalue weighted by Gasteiger charge is -2.53. The number of aliphatic hydroxyl groups is 1. The maximum absolute atomic E-state index is 13.0. The fourth-order valence-electron chi connectivity index (χ4n) is 6.06. The number of amides is 1. The quantitative estimate of drug-likeness (QED) is 0.666. The van der Waals surface area contributed by atoms with Gasteiger partial charge >= 0.3 is 0 Å². The van der Waals surface area contributed by atoms with Crippen LogP contribution in [0.5, 0.6) is 0 Å². The summed E-state index contributed by atoms with van der Waals surface area (Å²) in [6.07, 6.45) is 2.50. The summed E-state index contributed by atoms with van der Waals surface area (Å²) in [7, 11) is 0. The standard InChI is InChI=1S/C24H34N2O2S2/c1-6-26(7-2)23(28)14(3)17-8-10-24(5)12-18-20(15(4)19(24)21(17)27)25-22(30-18)16-9-11-29-13-16/h9,11,13-15,17,19,21,27H,6-8,10,12H2,1-5H3/t14-,15-,17+,19+,21-,24-/m0/s1. The van der Waals surface area contributed by atoms with Gasteiger partial charge in [0.2, 0.25) is 5.91 Å². The third kappa shape index (κ3) is 3.55. The fraction of sp³-hybridized carbons (Fsp3) is 0.667. The van der Waals surface area contributed by atoms with Gasteiger partial charge in [-0.1, -0.05) is 20.8 Å². The number of hydrogen-bond donors (Lipinski definition) is 1. The van der Waals surface area contributed by atoms with E-state index in [1.807, 2.05) is 37.0 Å². The van der Waals surface area contributed by atoms with Crippen LogP contribution >= 0.6 is 22.7 Å². The first-order valence-corrected chi connectivity index (χ1v) is 13.1. The number of rotatable bonds is 5. The van der Waals surface area contributed by atoms with Crippen LogP contribution in [0.4, 0.5) is 0 Å². The van der Waals surface area contributed by atoms with Gasteiger partial charge in [0.25, 0.3) is 0 Å². The minimum absolute atomic E-state index is 0.0233. The molecule has 1 amide bonds. The van der Waals surface area contributed by atoms with Gasteiger partial charge < -0.3 is 10.0 Å². The number of thiazole rings is 1. The number of hydrogen-bond acceptors (Lipinski definition) is 5. The molecule has 2 aromatic rings. The van der Waals surface area contributed by atoms with E-state index in [0.29, 0.717) is 0 Å². The Bertz CT molecular complexity index is 889. The molecule has 2 aliphatic rings. The molecule has 0 radical (unpaired) electrons. The average molecular weight is 447 g/mol. The molecule has 0 unspecified atom stereocenters. The second-order valence-corrected chi connectivity index (χ2v) is 11.3. The normalized spacial score (nSPS) is 31.7. The van der Waals surface area contributed by atoms with Crippen LogP contribution in [-0.2, 0) is 11.2 Å². The molecule has 1 N–H and O–H groups in total. The molecule has 0 spiro atoms. The van der Waals surface area contributed by atoms with Gasteiger partial charge in [-0.3, -0.25) is 4.79 Å². The zero-order valence-corrected chi connectivity index (χ0v) is 20.4. The highest BCUT2D eigenvalue weighted by Gasteiger charge is 2.54. The van der Waals surface area contributed by atoms with Crippen molar-refractivity contribution in [3.8, 4) is 10.6 Å². The van der Waals surface area contributed by atoms with Crippen molar-refractivity contribution >= 4 is 28.6 Å². The van der Waals surface area contributed by atoms with E-state index in [2.05, 4.69) is 30.7 Å². The molecule has 1 saturated carbocycles. The SMILES string of the molecule is CCN(CC)C(=O)[C@@H](C)[C@H]1CC[C@@]2(C)Cc3sc(-c4ccsc4)nc3[C@@H](C)[C@@H]2[C@H]1O. The van der Waals surface area contributed by atoms with Crippen molar-refractivity contribution in [2.45, 2.75) is 65.9 Å². The minimum Gasteiger partial charge on any atom is -0.392 e. The van der Waals surface area contributed by atoms with Crippen LogP contribution < -0.4 is 0 Å². The van der Waals surface area contributed by atoms with Crippen LogP contribution in [0, 0.1) is 23.2 Å². The molecule has 6 heteroatoms. The highest BCUT2D eigenvalue weighted by Crippen LogP contribution is 2.57. The van der Waals surface area contributed by atoms with Gasteiger partial charge in [-0.25, -0.2) is 4.98 Å². The van der Waals surface area contributed by atoms with Gasteiger partial charge in [-0.2, -0.15) is 11.3 Å². The summed E-state index contributed by atoms with van der Waals surface area (Å²) < 4.78 is 0. The van der Waals surface area contributed by atoms with E-state index < -0.39 is 6.10 Å². The zero-order valence-electron chi connectivity index (χ0n) is 18.7. The Hall–Kier alpha value is -1.24. The molecule has 2 aromatic heterocycles. The zero-order chi connectivity index (χ0) is 21.6. The number of aromatic nitrogens is 1. The molecule has 164 valence electrons. The Morgan fingerprint density at radius 1 is 1.40 bits per heavy atom. The van der Waals surface area contributed by atoms with Crippen molar-refractivity contribution in [3.05, 3.63) is 27.4 Å². The van der Waals surface area contributed by atoms with Crippen molar-refractivity contribution < 1.29 is 9.90 Å². The molecule has 4 nitrogen and oxygen atoms in total. The molecule has 0 bridgehead atoms. The van der Waals surface area contributed by atoms with E-state index in [1.54, 1.807) is 11.3 Å². The van der Waals surface area contributed by atoms with E-state index in [9.17, 15) is 9.90 Å². The van der Waals surface area contributed by atoms with E-state index in [4.69, 9.17) is 4.98 Å². The number of carbonyl (C=O) groups is 1. The summed E-state index contributed by atoms with van der Waals surface area (Å²) in [5.41, 5.74) is 2.45. The Balaban J connectivity index is 1.62. The monoisotopic (exact) mass is 446 g/mol. The summed E-state index contributed by atoms with van der Waals surface area (Å²) in [5.74, 6) is 0.416. The molecule has 0 saturated heterocycles. The van der Waals surface area contributed by atoms with Gasteiger partial charge in [0.1, 0.15) is 5.01 Å². The average Bonchev–Trinajstić information content (AvgIpc) is 3.38. The van der Waals surface area contributed by atoms with Crippen LogP contribution in [0.2, 0.25) is 0 Å². The first kappa shape index (κ1) is 22.0. The number of nitrogens with zero attached hydrogens (tertiary/aromatic N) is 2. The lowest BCUT2D eigenvalue weighted by atomic mass is 9.53. The van der Waals surface area contributed by atoms with Crippen LogP contribution in [0.3, 0.4) is 0 Å². The van der Waals surface area contributed by atoms with Gasteiger partial charge in [0, 0.05) is 40.7 Å². The summed E-state index contributed by atoms with van der Waals surface area (Å²) in [5, 5.41) is 16.9. The van der Waals surface area contributed by atoms with Crippen LogP contribution in [-0.4, -0.2) is 40.1 Å². The number of carbonyl (C=O) groups excluding carboxylic acids is 1. The van der Waals surface area contributed by atoms with E-state index in [0.717, 1.165) is 37.4 Å². The van der Waals surface area contributed by atoms with Crippen LogP contribution in [0.25, 0.3) is 10.6 Å². The molecule has 4 rings (SSSR count). The van der Waals surface area contributed by atoms with Crippen LogP contribution in [0.1, 0.15) is 63.9 Å². The van der Waals surface area contributed by atoms with Crippen molar-refractivity contribution in [1.82, 2.24) is 9.88 Å². The summed E-state index contributed by atoms with van der Waals surface area (Å²) >= 11 is 3.53. The molecular formula is C24H34N2O2S2. The van der Waals surface area contributed by atoms with Crippen molar-refractivity contribution in [2.24, 2.45) is 23.2 Å². The number of fused-ring (bicyclic) bond motifs is 2. The lowest BCUT2D eigenvalue weighted by Crippen LogP contribution is -2.53. The molecule has 2 heterocycles. The predicted molar refractivity (Wildman–Crippen MR) is 125 cm³/mol. The second kappa shape index (κ2) is 8.36. The van der Waals surface area contributed by atoms with Crippen molar-refractivity contribution in [3.63, 3.8) is 0 Å². The van der Waals surface area contributed by atoms with Crippen molar-refractivity contribution in [2.75, 3.05) is 13.1 Å². The summed E-state index contributed by atoms with van der Waals surface area (Å²) in [4.78, 5) is 21.3. The first-order chi connectivity index (χ1) is 14.3. The molecule has 1 fully saturated rings. The summed E-state index contributed by atoms with van der Waals surface area (Å²) in [6, 6.07) is 2.14. The number of thiophene rings is 1. The molecule has 0 aliphatic heterocycles. The molecule has 30 heavy (non-hydrogen) atoms. The molecule has 2 aliphatic carbocycles. The lowest BCUT2D eigenvalue weighted by molar-refractivity contribution is -0.144. The smallest absolute Gasteiger partial charge is 0.225 e. The van der Waals surface area contributed by atoms with Gasteiger partial charge in [0.05, 0.1) is 11.8 Å². The van der Waals surface area contributed by atoms with E-state index in [-0.39, 0.29) is 35.0 Å². The largest absolute Gasteiger partial charge is 0.392 e. The Kier molecular flexibility index (Phi) is 6.12. The third-order valence-corrected chi connectivity index (χ3v) is 9.60. The maximum atomic E-state index is 13.0. The highest BCUT2D eigenvalue weighted by atomic mass is 32.1. The summed E-state index contributed by atoms with van der Waals surface area (Å²) in [6.45, 7) is 12.1. The van der Waals surface area contributed by atoms with E-state index in [1.165, 1.54) is 16.1 Å². The third-order valence-electron chi connectivity index (χ3n) is 7.80. The van der Waals surface area contributed by atoms with E-state index >= 15 is 0 Å². The maximum Gasteiger partial charge on any atom is 0.225 e. The van der Waals surface area contributed by atoms with Gasteiger partial charge in [0.15, 0.2) is 0 Å². The van der Waals surface area contributed by atoms with Crippen LogP contribution in [0.15, 0.2) is 16.8 Å². The number of aliphatic hydroxyl groups excluding tert-OH is 1. The molecular weight excluding hydrogens is 412 g/mol. The first-order valence-electron chi connectivity index (χ1n) is 11.3. The molecule has 0 aromatic carbocycles. The predicted octanol–water partition coefficient (Wildman–Crippen LogP) is 5.43. The minimum atomic E-state index is -0.465. The molecule has 6 atom stereocenters. The van der Waals surface area contributed by atoms with Crippen molar-refractivity contribution in [1.29, 1.82) is 0 Å². The highest BCUT2D eigenvalue weighted by molar-refractivity contribution is 7.15. The van der Waals surface area contributed by atoms with Gasteiger partial charge in [-0.05, 0) is 61.8 Å². The Morgan fingerprint density at radius 2 is 2.13 bits per heavy atom. The Labute approximate surface area is 188 Å².